The molecule has 1 fully saturated rings. The summed E-state index contributed by atoms with van der Waals surface area (Å²) in [7, 11) is 0. The first-order chi connectivity index (χ1) is 20.8. The molecule has 12 heteroatoms. The Hall–Kier alpha value is -3.80. The lowest BCUT2D eigenvalue weighted by Crippen LogP contribution is -2.55. The minimum atomic E-state index is -1.41. The van der Waals surface area contributed by atoms with Gasteiger partial charge in [-0.2, -0.15) is 0 Å². The molecule has 1 aliphatic heterocycles. The molecular formula is C33H50N4O8. The van der Waals surface area contributed by atoms with E-state index in [-0.39, 0.29) is 18.6 Å². The number of fused-ring (bicyclic) bond motifs is 1. The number of hydrogen-bond acceptors (Lipinski definition) is 10. The lowest BCUT2D eigenvalue weighted by molar-refractivity contribution is -0.166. The summed E-state index contributed by atoms with van der Waals surface area (Å²) < 4.78 is 21.7. The zero-order chi connectivity index (χ0) is 33.6. The van der Waals surface area contributed by atoms with Gasteiger partial charge in [-0.15, -0.1) is 0 Å². The van der Waals surface area contributed by atoms with E-state index in [1.54, 1.807) is 37.8 Å². The number of anilines is 1. The van der Waals surface area contributed by atoms with Crippen molar-refractivity contribution in [1.29, 1.82) is 0 Å². The van der Waals surface area contributed by atoms with E-state index in [1.165, 1.54) is 0 Å². The summed E-state index contributed by atoms with van der Waals surface area (Å²) in [6, 6.07) is 9.22. The van der Waals surface area contributed by atoms with Crippen LogP contribution in [0.3, 0.4) is 0 Å². The van der Waals surface area contributed by atoms with Crippen molar-refractivity contribution < 1.29 is 38.4 Å². The topological polar surface area (TPSA) is 140 Å². The summed E-state index contributed by atoms with van der Waals surface area (Å²) in [5, 5.41) is 13.8. The second-order valence-electron chi connectivity index (χ2n) is 14.4. The number of nitrogens with one attached hydrogen (secondary N) is 1. The molecule has 1 aromatic carbocycles. The number of esters is 1. The molecule has 0 saturated carbocycles. The molecule has 2 heterocycles. The number of pyridine rings is 1. The molecular weight excluding hydrogens is 580 g/mol. The molecule has 1 saturated heterocycles. The van der Waals surface area contributed by atoms with Gasteiger partial charge in [-0.3, -0.25) is 0 Å². The first-order valence-corrected chi connectivity index (χ1v) is 15.4. The van der Waals surface area contributed by atoms with Crippen LogP contribution in [0.25, 0.3) is 10.9 Å². The Morgan fingerprint density at radius 1 is 0.956 bits per heavy atom. The Morgan fingerprint density at radius 2 is 1.60 bits per heavy atom. The third-order valence-corrected chi connectivity index (χ3v) is 6.42. The van der Waals surface area contributed by atoms with Crippen LogP contribution in [-0.4, -0.2) is 95.4 Å². The molecule has 3 rings (SSSR count). The summed E-state index contributed by atoms with van der Waals surface area (Å²) in [5.41, 5.74) is -1.08. The molecule has 0 unspecified atom stereocenters. The fourth-order valence-electron chi connectivity index (χ4n) is 4.52. The van der Waals surface area contributed by atoms with Gasteiger partial charge in [0.1, 0.15) is 35.0 Å². The molecule has 0 radical (unpaired) electrons. The monoisotopic (exact) mass is 630 g/mol. The number of rotatable bonds is 11. The van der Waals surface area contributed by atoms with Crippen molar-refractivity contribution in [2.45, 2.75) is 91.6 Å². The second kappa shape index (κ2) is 14.5. The predicted molar refractivity (Wildman–Crippen MR) is 171 cm³/mol. The smallest absolute Gasteiger partial charge is 0.410 e. The highest BCUT2D eigenvalue weighted by Crippen LogP contribution is 2.26. The fourth-order valence-corrected chi connectivity index (χ4v) is 4.52. The van der Waals surface area contributed by atoms with Gasteiger partial charge in [0, 0.05) is 44.0 Å². The number of nitrogens with zero attached hydrogens (tertiary/aromatic N) is 3. The van der Waals surface area contributed by atoms with Crippen molar-refractivity contribution in [3.8, 4) is 5.75 Å². The number of aliphatic hydroxyl groups is 1. The highest BCUT2D eigenvalue weighted by molar-refractivity contribution is 5.82. The number of likely N-dealkylation sites (tertiary alicyclic amines) is 1. The van der Waals surface area contributed by atoms with Crippen LogP contribution in [0.15, 0.2) is 30.3 Å². The zero-order valence-corrected chi connectivity index (χ0v) is 28.1. The van der Waals surface area contributed by atoms with E-state index in [1.807, 2.05) is 59.7 Å². The Labute approximate surface area is 266 Å². The minimum Gasteiger partial charge on any atom is -0.490 e. The van der Waals surface area contributed by atoms with E-state index in [2.05, 4.69) is 10.2 Å². The summed E-state index contributed by atoms with van der Waals surface area (Å²) >= 11 is 0. The second-order valence-corrected chi connectivity index (χ2v) is 14.4. The molecule has 0 aliphatic carbocycles. The number of aliphatic hydroxyl groups excluding tert-OH is 1. The maximum atomic E-state index is 12.4. The van der Waals surface area contributed by atoms with Crippen LogP contribution in [0.2, 0.25) is 0 Å². The van der Waals surface area contributed by atoms with E-state index in [4.69, 9.17) is 23.9 Å². The van der Waals surface area contributed by atoms with E-state index >= 15 is 0 Å². The quantitative estimate of drug-likeness (QED) is 0.200. The first kappa shape index (κ1) is 35.7. The third-order valence-electron chi connectivity index (χ3n) is 6.42. The van der Waals surface area contributed by atoms with Crippen LogP contribution in [0.1, 0.15) is 68.7 Å². The zero-order valence-electron chi connectivity index (χ0n) is 28.1. The minimum absolute atomic E-state index is 0.237. The molecule has 1 atom stereocenters. The van der Waals surface area contributed by atoms with Crippen LogP contribution in [0, 0.1) is 5.92 Å². The predicted octanol–water partition coefficient (Wildman–Crippen LogP) is 4.90. The summed E-state index contributed by atoms with van der Waals surface area (Å²) in [4.78, 5) is 45.4. The lowest BCUT2D eigenvalue weighted by Gasteiger charge is -2.42. The first-order valence-electron chi connectivity index (χ1n) is 15.4. The number of alkyl carbamates (subject to hydrolysis) is 1. The molecule has 1 aliphatic rings. The molecule has 250 valence electrons. The summed E-state index contributed by atoms with van der Waals surface area (Å²) in [6.45, 7) is 18.9. The molecule has 2 N–H and O–H groups in total. The Bertz CT molecular complexity index is 1320. The van der Waals surface area contributed by atoms with Gasteiger partial charge >= 0.3 is 18.2 Å². The Morgan fingerprint density at radius 3 is 2.22 bits per heavy atom. The maximum absolute atomic E-state index is 12.4. The van der Waals surface area contributed by atoms with Crippen molar-refractivity contribution in [1.82, 2.24) is 15.2 Å². The summed E-state index contributed by atoms with van der Waals surface area (Å²) in [5.74, 6) is 0.753. The van der Waals surface area contributed by atoms with Gasteiger partial charge in [-0.25, -0.2) is 19.4 Å². The van der Waals surface area contributed by atoms with Crippen molar-refractivity contribution in [3.63, 3.8) is 0 Å². The number of ether oxygens (including phenoxy) is 4. The van der Waals surface area contributed by atoms with Crippen molar-refractivity contribution in [2.24, 2.45) is 5.92 Å². The maximum Gasteiger partial charge on any atom is 0.410 e. The van der Waals surface area contributed by atoms with Gasteiger partial charge in [0.25, 0.3) is 0 Å². The van der Waals surface area contributed by atoms with Gasteiger partial charge in [-0.05, 0) is 99.1 Å². The molecule has 45 heavy (non-hydrogen) atoms. The van der Waals surface area contributed by atoms with E-state index < -0.39 is 35.0 Å². The highest BCUT2D eigenvalue weighted by Gasteiger charge is 2.35. The van der Waals surface area contributed by atoms with Crippen LogP contribution in [0.5, 0.6) is 5.75 Å². The van der Waals surface area contributed by atoms with Crippen LogP contribution >= 0.6 is 0 Å². The molecule has 0 spiro atoms. The van der Waals surface area contributed by atoms with Gasteiger partial charge < -0.3 is 39.2 Å². The lowest BCUT2D eigenvalue weighted by atomic mass is 10.00. The number of aromatic nitrogens is 1. The van der Waals surface area contributed by atoms with Crippen LogP contribution < -0.4 is 15.0 Å². The number of hydrogen-bond donors (Lipinski definition) is 2. The van der Waals surface area contributed by atoms with Gasteiger partial charge in [-0.1, -0.05) is 0 Å². The standard InChI is InChI=1S/C33H50N4O8/c1-31(2,3)43-28(39)26(38)21-42-24-12-13-25-23(17-24)11-14-27(35-25)36(16-10-15-34-29(40)44-32(4,5)6)18-22-19-37(20-22)30(41)45-33(7,8)9/h11-14,17,22,26,38H,10,15-16,18-21H2,1-9H3,(H,34,40)/t26-/m1/s1. The van der Waals surface area contributed by atoms with Crippen molar-refractivity contribution >= 4 is 34.9 Å². The molecule has 0 bridgehead atoms. The van der Waals surface area contributed by atoms with Crippen LogP contribution in [-0.2, 0) is 19.0 Å². The van der Waals surface area contributed by atoms with Gasteiger partial charge in [0.2, 0.25) is 0 Å². The Kier molecular flexibility index (Phi) is 11.5. The average molecular weight is 631 g/mol. The number of amides is 2. The number of benzene rings is 1. The Balaban J connectivity index is 1.66. The molecule has 2 aromatic rings. The third kappa shape index (κ3) is 12.3. The van der Waals surface area contributed by atoms with E-state index in [0.717, 1.165) is 16.7 Å². The fraction of sp³-hybridized carbons (Fsp3) is 0.636. The molecule has 12 nitrogen and oxygen atoms in total. The van der Waals surface area contributed by atoms with Crippen molar-refractivity contribution in [3.05, 3.63) is 30.3 Å². The van der Waals surface area contributed by atoms with Crippen LogP contribution in [0.4, 0.5) is 15.4 Å². The van der Waals surface area contributed by atoms with Crippen molar-refractivity contribution in [2.75, 3.05) is 44.2 Å². The van der Waals surface area contributed by atoms with Gasteiger partial charge in [0.05, 0.1) is 5.52 Å². The molecule has 1 aromatic heterocycles. The highest BCUT2D eigenvalue weighted by atomic mass is 16.6. The molecule has 2 amide bonds. The largest absolute Gasteiger partial charge is 0.490 e. The van der Waals surface area contributed by atoms with E-state index in [9.17, 15) is 19.5 Å². The number of carbonyl (C=O) groups is 3. The normalized spacial score (nSPS) is 14.8. The number of carbonyl (C=O) groups excluding carboxylic acids is 3. The summed E-state index contributed by atoms with van der Waals surface area (Å²) in [6.07, 6.45) is -1.51. The van der Waals surface area contributed by atoms with Gasteiger partial charge in [0.15, 0.2) is 6.10 Å². The van der Waals surface area contributed by atoms with E-state index in [0.29, 0.717) is 44.9 Å². The average Bonchev–Trinajstić information content (AvgIpc) is 2.86. The SMILES string of the molecule is CC(C)(C)OC(=O)NCCCN(CC1CN(C(=O)OC(C)(C)C)C1)c1ccc2cc(OC[C@@H](O)C(=O)OC(C)(C)C)ccc2n1.